The van der Waals surface area contributed by atoms with Crippen LogP contribution in [0.1, 0.15) is 12.5 Å². The van der Waals surface area contributed by atoms with Crippen LogP contribution in [-0.2, 0) is 0 Å². The van der Waals surface area contributed by atoms with Gasteiger partial charge in [0.25, 0.3) is 0 Å². The number of halogens is 1. The minimum absolute atomic E-state index is 0.207. The Kier molecular flexibility index (Phi) is 6.56. The van der Waals surface area contributed by atoms with E-state index in [1.807, 2.05) is 12.1 Å². The first-order valence-electron chi connectivity index (χ1n) is 9.24. The standard InChI is InChI=1S/C22H27FN2O/c1-18(10-11-24-12-14-25(15-13-24)16-17-26)19-2-4-20(5-3-19)21-6-8-22(23)9-7-21/h2-10,26H,11-17H2,1H3/b18-10-. The smallest absolute Gasteiger partial charge is 0.123 e. The van der Waals surface area contributed by atoms with E-state index in [0.717, 1.165) is 50.4 Å². The maximum absolute atomic E-state index is 13.0. The van der Waals surface area contributed by atoms with E-state index in [9.17, 15) is 4.39 Å². The minimum atomic E-state index is -0.207. The molecule has 0 atom stereocenters. The molecular formula is C22H27FN2O. The van der Waals surface area contributed by atoms with E-state index in [2.05, 4.69) is 47.1 Å². The Morgan fingerprint density at radius 1 is 0.923 bits per heavy atom. The van der Waals surface area contributed by atoms with Crippen molar-refractivity contribution in [2.24, 2.45) is 0 Å². The molecule has 1 N–H and O–H groups in total. The number of aliphatic hydroxyl groups excluding tert-OH is 1. The molecule has 0 unspecified atom stereocenters. The van der Waals surface area contributed by atoms with Gasteiger partial charge in [0.15, 0.2) is 0 Å². The third kappa shape index (κ3) is 5.01. The zero-order valence-corrected chi connectivity index (χ0v) is 15.4. The quantitative estimate of drug-likeness (QED) is 0.860. The second-order valence-corrected chi connectivity index (χ2v) is 6.84. The topological polar surface area (TPSA) is 26.7 Å². The molecular weight excluding hydrogens is 327 g/mol. The van der Waals surface area contributed by atoms with E-state index in [1.54, 1.807) is 0 Å². The van der Waals surface area contributed by atoms with E-state index in [0.29, 0.717) is 0 Å². The van der Waals surface area contributed by atoms with Crippen LogP contribution in [0.15, 0.2) is 54.6 Å². The van der Waals surface area contributed by atoms with Crippen molar-refractivity contribution < 1.29 is 9.50 Å². The number of hydrogen-bond donors (Lipinski definition) is 1. The lowest BCUT2D eigenvalue weighted by atomic mass is 10.0. The number of nitrogens with zero attached hydrogens (tertiary/aromatic N) is 2. The van der Waals surface area contributed by atoms with Crippen LogP contribution in [0.4, 0.5) is 4.39 Å². The number of allylic oxidation sites excluding steroid dienone is 1. The van der Waals surface area contributed by atoms with Crippen molar-refractivity contribution in [3.8, 4) is 11.1 Å². The fourth-order valence-corrected chi connectivity index (χ4v) is 3.29. The summed E-state index contributed by atoms with van der Waals surface area (Å²) in [6.07, 6.45) is 2.29. The molecule has 138 valence electrons. The summed E-state index contributed by atoms with van der Waals surface area (Å²) in [5.41, 5.74) is 4.62. The molecule has 0 aromatic heterocycles. The van der Waals surface area contributed by atoms with Crippen LogP contribution in [-0.4, -0.2) is 60.8 Å². The van der Waals surface area contributed by atoms with Crippen LogP contribution < -0.4 is 0 Å². The summed E-state index contributed by atoms with van der Waals surface area (Å²) in [5, 5.41) is 9.01. The van der Waals surface area contributed by atoms with E-state index >= 15 is 0 Å². The Morgan fingerprint density at radius 3 is 2.04 bits per heavy atom. The Hall–Kier alpha value is -2.01. The number of benzene rings is 2. The van der Waals surface area contributed by atoms with Gasteiger partial charge in [0.1, 0.15) is 5.82 Å². The van der Waals surface area contributed by atoms with Gasteiger partial charge in [-0.3, -0.25) is 9.80 Å². The largest absolute Gasteiger partial charge is 0.395 e. The second kappa shape index (κ2) is 9.08. The molecule has 0 bridgehead atoms. The highest BCUT2D eigenvalue weighted by Gasteiger charge is 2.15. The van der Waals surface area contributed by atoms with Crippen LogP contribution in [0.3, 0.4) is 0 Å². The molecule has 1 aliphatic rings. The number of piperazine rings is 1. The van der Waals surface area contributed by atoms with Gasteiger partial charge in [0.2, 0.25) is 0 Å². The molecule has 0 amide bonds. The summed E-state index contributed by atoms with van der Waals surface area (Å²) in [4.78, 5) is 4.76. The maximum Gasteiger partial charge on any atom is 0.123 e. The van der Waals surface area contributed by atoms with Crippen molar-refractivity contribution in [2.45, 2.75) is 6.92 Å². The first kappa shape index (κ1) is 18.8. The number of aliphatic hydroxyl groups is 1. The number of hydrogen-bond acceptors (Lipinski definition) is 3. The van der Waals surface area contributed by atoms with Gasteiger partial charge >= 0.3 is 0 Å². The van der Waals surface area contributed by atoms with Gasteiger partial charge < -0.3 is 5.11 Å². The average molecular weight is 354 g/mol. The van der Waals surface area contributed by atoms with Crippen molar-refractivity contribution in [3.05, 3.63) is 66.0 Å². The molecule has 2 aromatic carbocycles. The summed E-state index contributed by atoms with van der Waals surface area (Å²) >= 11 is 0. The molecule has 1 aliphatic heterocycles. The molecule has 1 heterocycles. The molecule has 2 aromatic rings. The molecule has 3 nitrogen and oxygen atoms in total. The van der Waals surface area contributed by atoms with Gasteiger partial charge in [-0.05, 0) is 41.3 Å². The summed E-state index contributed by atoms with van der Waals surface area (Å²) in [7, 11) is 0. The van der Waals surface area contributed by atoms with Gasteiger partial charge in [-0.1, -0.05) is 42.5 Å². The summed E-state index contributed by atoms with van der Waals surface area (Å²) < 4.78 is 13.0. The van der Waals surface area contributed by atoms with Gasteiger partial charge in [-0.15, -0.1) is 0 Å². The number of rotatable bonds is 6. The van der Waals surface area contributed by atoms with Gasteiger partial charge in [0.05, 0.1) is 6.61 Å². The van der Waals surface area contributed by atoms with Crippen molar-refractivity contribution in [2.75, 3.05) is 45.9 Å². The first-order chi connectivity index (χ1) is 12.7. The third-order valence-corrected chi connectivity index (χ3v) is 5.05. The average Bonchev–Trinajstić information content (AvgIpc) is 2.68. The van der Waals surface area contributed by atoms with Gasteiger partial charge in [-0.25, -0.2) is 4.39 Å². The van der Waals surface area contributed by atoms with E-state index in [4.69, 9.17) is 5.11 Å². The third-order valence-electron chi connectivity index (χ3n) is 5.05. The zero-order chi connectivity index (χ0) is 18.4. The van der Waals surface area contributed by atoms with Crippen LogP contribution in [0.2, 0.25) is 0 Å². The number of β-amino-alcohol motifs (C(OH)–C–C–N with tert-alkyl or cyclic N) is 1. The molecule has 1 saturated heterocycles. The Bertz CT molecular complexity index is 717. The SMILES string of the molecule is C/C(=C/CN1CCN(CCO)CC1)c1ccc(-c2ccc(F)cc2)cc1. The molecule has 26 heavy (non-hydrogen) atoms. The maximum atomic E-state index is 13.0. The van der Waals surface area contributed by atoms with Crippen molar-refractivity contribution >= 4 is 5.57 Å². The molecule has 4 heteroatoms. The van der Waals surface area contributed by atoms with E-state index in [-0.39, 0.29) is 12.4 Å². The zero-order valence-electron chi connectivity index (χ0n) is 15.4. The van der Waals surface area contributed by atoms with Crippen LogP contribution in [0, 0.1) is 5.82 Å². The predicted octanol–water partition coefficient (Wildman–Crippen LogP) is 3.51. The molecule has 3 rings (SSSR count). The lowest BCUT2D eigenvalue weighted by Crippen LogP contribution is -2.47. The van der Waals surface area contributed by atoms with E-state index < -0.39 is 0 Å². The Labute approximate surface area is 155 Å². The highest BCUT2D eigenvalue weighted by Crippen LogP contribution is 2.22. The van der Waals surface area contributed by atoms with Crippen LogP contribution >= 0.6 is 0 Å². The Balaban J connectivity index is 1.57. The van der Waals surface area contributed by atoms with Crippen LogP contribution in [0.25, 0.3) is 16.7 Å². The fourth-order valence-electron chi connectivity index (χ4n) is 3.29. The minimum Gasteiger partial charge on any atom is -0.395 e. The summed E-state index contributed by atoms with van der Waals surface area (Å²) in [5.74, 6) is -0.207. The monoisotopic (exact) mass is 354 g/mol. The molecule has 1 fully saturated rings. The lowest BCUT2D eigenvalue weighted by Gasteiger charge is -2.33. The van der Waals surface area contributed by atoms with Crippen LogP contribution in [0.5, 0.6) is 0 Å². The summed E-state index contributed by atoms with van der Waals surface area (Å²) in [6.45, 7) is 8.28. The fraction of sp³-hybridized carbons (Fsp3) is 0.364. The summed E-state index contributed by atoms with van der Waals surface area (Å²) in [6, 6.07) is 15.0. The molecule has 0 saturated carbocycles. The molecule has 0 radical (unpaired) electrons. The molecule has 0 aliphatic carbocycles. The Morgan fingerprint density at radius 2 is 1.46 bits per heavy atom. The van der Waals surface area contributed by atoms with Gasteiger partial charge in [0, 0.05) is 39.3 Å². The molecule has 0 spiro atoms. The lowest BCUT2D eigenvalue weighted by molar-refractivity contribution is 0.120. The van der Waals surface area contributed by atoms with Crippen molar-refractivity contribution in [1.29, 1.82) is 0 Å². The highest BCUT2D eigenvalue weighted by atomic mass is 19.1. The van der Waals surface area contributed by atoms with Crippen molar-refractivity contribution in [3.63, 3.8) is 0 Å². The highest BCUT2D eigenvalue weighted by molar-refractivity contribution is 5.69. The first-order valence-corrected chi connectivity index (χ1v) is 9.24. The van der Waals surface area contributed by atoms with Crippen molar-refractivity contribution in [1.82, 2.24) is 9.80 Å². The van der Waals surface area contributed by atoms with Gasteiger partial charge in [-0.2, -0.15) is 0 Å². The van der Waals surface area contributed by atoms with E-state index in [1.165, 1.54) is 23.3 Å². The predicted molar refractivity (Wildman–Crippen MR) is 105 cm³/mol. The second-order valence-electron chi connectivity index (χ2n) is 6.84. The normalized spacial score (nSPS) is 16.8.